The number of ether oxygens (including phenoxy) is 2. The second kappa shape index (κ2) is 6.57. The van der Waals surface area contributed by atoms with Crippen molar-refractivity contribution in [2.75, 3.05) is 14.2 Å². The maximum absolute atomic E-state index is 11.9. The van der Waals surface area contributed by atoms with Gasteiger partial charge in [0, 0.05) is 0 Å². The van der Waals surface area contributed by atoms with Gasteiger partial charge < -0.3 is 9.47 Å². The van der Waals surface area contributed by atoms with Crippen LogP contribution in [0.2, 0.25) is 0 Å². The van der Waals surface area contributed by atoms with E-state index in [2.05, 4.69) is 0 Å². The summed E-state index contributed by atoms with van der Waals surface area (Å²) in [6.07, 6.45) is 1.41. The lowest BCUT2D eigenvalue weighted by atomic mass is 9.95. The van der Waals surface area contributed by atoms with Gasteiger partial charge in [-0.2, -0.15) is 0 Å². The zero-order valence-electron chi connectivity index (χ0n) is 11.5. The van der Waals surface area contributed by atoms with Crippen molar-refractivity contribution in [3.8, 4) is 11.1 Å². The van der Waals surface area contributed by atoms with Crippen LogP contribution in [0.4, 0.5) is 0 Å². The molecule has 0 radical (unpaired) electrons. The van der Waals surface area contributed by atoms with Crippen molar-refractivity contribution in [2.45, 2.75) is 0 Å². The van der Waals surface area contributed by atoms with Gasteiger partial charge in [-0.05, 0) is 16.7 Å². The second-order valence-corrected chi connectivity index (χ2v) is 4.17. The van der Waals surface area contributed by atoms with Crippen molar-refractivity contribution in [1.82, 2.24) is 0 Å². The molecule has 0 spiro atoms. The predicted molar refractivity (Wildman–Crippen MR) is 78.9 cm³/mol. The Balaban J connectivity index is 2.57. The van der Waals surface area contributed by atoms with Gasteiger partial charge in [0.1, 0.15) is 5.57 Å². The Labute approximate surface area is 118 Å². The van der Waals surface area contributed by atoms with Gasteiger partial charge in [0.05, 0.1) is 20.5 Å². The highest BCUT2D eigenvalue weighted by Crippen LogP contribution is 2.29. The predicted octanol–water partition coefficient (Wildman–Crippen LogP) is 3.51. The van der Waals surface area contributed by atoms with Gasteiger partial charge in [-0.15, -0.1) is 0 Å². The van der Waals surface area contributed by atoms with E-state index in [1.54, 1.807) is 0 Å². The first-order valence-corrected chi connectivity index (χ1v) is 6.24. The van der Waals surface area contributed by atoms with Gasteiger partial charge in [-0.25, -0.2) is 4.79 Å². The average Bonchev–Trinajstić information content (AvgIpc) is 2.53. The molecule has 0 atom stereocenters. The third-order valence-corrected chi connectivity index (χ3v) is 2.94. The third kappa shape index (κ3) is 2.88. The van der Waals surface area contributed by atoms with E-state index in [4.69, 9.17) is 9.47 Å². The lowest BCUT2D eigenvalue weighted by Crippen LogP contribution is -2.05. The molecule has 0 saturated heterocycles. The van der Waals surface area contributed by atoms with Gasteiger partial charge in [0.2, 0.25) is 0 Å². The zero-order valence-corrected chi connectivity index (χ0v) is 11.5. The Morgan fingerprint density at radius 2 is 1.60 bits per heavy atom. The van der Waals surface area contributed by atoms with Gasteiger partial charge in [0.15, 0.2) is 0 Å². The molecule has 0 amide bonds. The summed E-state index contributed by atoms with van der Waals surface area (Å²) in [5.74, 6) is -0.421. The minimum absolute atomic E-state index is 0.398. The Hall–Kier alpha value is -2.55. The summed E-state index contributed by atoms with van der Waals surface area (Å²) in [6, 6.07) is 17.6. The molecule has 20 heavy (non-hydrogen) atoms. The molecule has 0 aliphatic heterocycles. The summed E-state index contributed by atoms with van der Waals surface area (Å²) in [5, 5.41) is 0. The largest absolute Gasteiger partial charge is 0.503 e. The molecule has 3 heteroatoms. The molecular formula is C17H16O3. The first kappa shape index (κ1) is 13.9. The van der Waals surface area contributed by atoms with Crippen LogP contribution < -0.4 is 0 Å². The summed E-state index contributed by atoms with van der Waals surface area (Å²) in [4.78, 5) is 11.9. The van der Waals surface area contributed by atoms with Crippen molar-refractivity contribution in [1.29, 1.82) is 0 Å². The molecule has 0 N–H and O–H groups in total. The summed E-state index contributed by atoms with van der Waals surface area (Å²) in [6.45, 7) is 0. The number of esters is 1. The minimum Gasteiger partial charge on any atom is -0.503 e. The molecule has 0 unspecified atom stereocenters. The molecule has 2 aromatic carbocycles. The summed E-state index contributed by atoms with van der Waals surface area (Å²) in [7, 11) is 2.87. The first-order chi connectivity index (χ1) is 9.77. The molecule has 0 saturated carbocycles. The van der Waals surface area contributed by atoms with Crippen molar-refractivity contribution >= 4 is 11.5 Å². The van der Waals surface area contributed by atoms with E-state index in [0.717, 1.165) is 16.7 Å². The van der Waals surface area contributed by atoms with Gasteiger partial charge >= 0.3 is 5.97 Å². The van der Waals surface area contributed by atoms with E-state index in [1.807, 2.05) is 54.6 Å². The number of benzene rings is 2. The highest BCUT2D eigenvalue weighted by Gasteiger charge is 2.17. The molecule has 3 nitrogen and oxygen atoms in total. The maximum Gasteiger partial charge on any atom is 0.341 e. The lowest BCUT2D eigenvalue weighted by Gasteiger charge is -2.11. The molecule has 0 fully saturated rings. The Bertz CT molecular complexity index is 615. The van der Waals surface area contributed by atoms with Crippen LogP contribution >= 0.6 is 0 Å². The van der Waals surface area contributed by atoms with Crippen LogP contribution in [0, 0.1) is 0 Å². The van der Waals surface area contributed by atoms with Crippen molar-refractivity contribution < 1.29 is 14.3 Å². The highest BCUT2D eigenvalue weighted by atomic mass is 16.5. The van der Waals surface area contributed by atoms with Gasteiger partial charge in [0.25, 0.3) is 0 Å². The number of carbonyl (C=O) groups excluding carboxylic acids is 1. The molecule has 0 aromatic heterocycles. The van der Waals surface area contributed by atoms with Crippen molar-refractivity contribution in [3.05, 3.63) is 66.4 Å². The fourth-order valence-corrected chi connectivity index (χ4v) is 2.04. The Kier molecular flexibility index (Phi) is 4.56. The Morgan fingerprint density at radius 1 is 0.950 bits per heavy atom. The molecule has 0 bridgehead atoms. The van der Waals surface area contributed by atoms with Gasteiger partial charge in [-0.1, -0.05) is 54.6 Å². The van der Waals surface area contributed by atoms with Crippen molar-refractivity contribution in [3.63, 3.8) is 0 Å². The number of hydrogen-bond donors (Lipinski definition) is 0. The number of methoxy groups -OCH3 is 2. The van der Waals surface area contributed by atoms with Gasteiger partial charge in [-0.3, -0.25) is 0 Å². The molecule has 0 heterocycles. The van der Waals surface area contributed by atoms with Crippen LogP contribution in [0.1, 0.15) is 5.56 Å². The van der Waals surface area contributed by atoms with Crippen LogP contribution in [-0.2, 0) is 14.3 Å². The average molecular weight is 268 g/mol. The van der Waals surface area contributed by atoms with E-state index in [9.17, 15) is 4.79 Å². The smallest absolute Gasteiger partial charge is 0.341 e. The first-order valence-electron chi connectivity index (χ1n) is 6.24. The highest BCUT2D eigenvalue weighted by molar-refractivity contribution is 6.18. The number of rotatable bonds is 4. The number of carbonyl (C=O) groups is 1. The van der Waals surface area contributed by atoms with Crippen LogP contribution in [0.25, 0.3) is 16.7 Å². The summed E-state index contributed by atoms with van der Waals surface area (Å²) in [5.41, 5.74) is 3.18. The summed E-state index contributed by atoms with van der Waals surface area (Å²) >= 11 is 0. The summed E-state index contributed by atoms with van der Waals surface area (Å²) < 4.78 is 9.83. The van der Waals surface area contributed by atoms with Crippen LogP contribution in [0.5, 0.6) is 0 Å². The van der Waals surface area contributed by atoms with E-state index >= 15 is 0 Å². The van der Waals surface area contributed by atoms with E-state index in [-0.39, 0.29) is 0 Å². The third-order valence-electron chi connectivity index (χ3n) is 2.94. The minimum atomic E-state index is -0.421. The molecule has 0 aliphatic carbocycles. The number of hydrogen-bond acceptors (Lipinski definition) is 3. The fraction of sp³-hybridized carbons (Fsp3) is 0.118. The normalized spacial score (nSPS) is 11.0. The SMILES string of the molecule is CO/C=C(/C(=O)OC)c1ccccc1-c1ccccc1. The fourth-order valence-electron chi connectivity index (χ4n) is 2.04. The second-order valence-electron chi connectivity index (χ2n) is 4.17. The molecule has 102 valence electrons. The van der Waals surface area contributed by atoms with Crippen LogP contribution in [-0.4, -0.2) is 20.2 Å². The standard InChI is InChI=1S/C17H16O3/c1-19-12-16(17(18)20-2)15-11-7-6-10-14(15)13-8-4-3-5-9-13/h3-12H,1-2H3/b16-12+. The van der Waals surface area contributed by atoms with E-state index in [1.165, 1.54) is 20.5 Å². The van der Waals surface area contributed by atoms with Crippen LogP contribution in [0.15, 0.2) is 60.9 Å². The topological polar surface area (TPSA) is 35.5 Å². The molecule has 0 aliphatic rings. The molecule has 2 rings (SSSR count). The van der Waals surface area contributed by atoms with E-state index in [0.29, 0.717) is 5.57 Å². The lowest BCUT2D eigenvalue weighted by molar-refractivity contribution is -0.133. The van der Waals surface area contributed by atoms with Crippen LogP contribution in [0.3, 0.4) is 0 Å². The molecular weight excluding hydrogens is 252 g/mol. The van der Waals surface area contributed by atoms with E-state index < -0.39 is 5.97 Å². The monoisotopic (exact) mass is 268 g/mol. The molecule has 2 aromatic rings. The maximum atomic E-state index is 11.9. The zero-order chi connectivity index (χ0) is 14.4. The quantitative estimate of drug-likeness (QED) is 0.483. The Morgan fingerprint density at radius 3 is 2.25 bits per heavy atom. The van der Waals surface area contributed by atoms with Crippen molar-refractivity contribution in [2.24, 2.45) is 0 Å².